The summed E-state index contributed by atoms with van der Waals surface area (Å²) in [6, 6.07) is 11.3. The van der Waals surface area contributed by atoms with Crippen LogP contribution in [0.5, 0.6) is 0 Å². The highest BCUT2D eigenvalue weighted by Gasteiger charge is 2.37. The zero-order chi connectivity index (χ0) is 29.8. The first-order valence-corrected chi connectivity index (χ1v) is 15.9. The minimum absolute atomic E-state index is 0.00329. The first-order valence-electron chi connectivity index (χ1n) is 13.8. The van der Waals surface area contributed by atoms with E-state index in [1.807, 2.05) is 37.3 Å². The summed E-state index contributed by atoms with van der Waals surface area (Å²) in [6.45, 7) is 6.85. The van der Waals surface area contributed by atoms with E-state index in [4.69, 9.17) is 25.4 Å². The Morgan fingerprint density at radius 1 is 0.976 bits per heavy atom. The molecule has 0 unspecified atom stereocenters. The third kappa shape index (κ3) is 9.53. The Balaban J connectivity index is 1.79. The van der Waals surface area contributed by atoms with E-state index < -0.39 is 31.5 Å². The van der Waals surface area contributed by atoms with Crippen molar-refractivity contribution in [1.29, 1.82) is 0 Å². The number of halogens is 1. The number of carbonyl (C=O) groups excluding carboxylic acids is 3. The third-order valence-electron chi connectivity index (χ3n) is 6.37. The highest BCUT2D eigenvalue weighted by Crippen LogP contribution is 2.48. The van der Waals surface area contributed by atoms with Crippen LogP contribution in [0.15, 0.2) is 42.5 Å². The minimum atomic E-state index is -3.73. The molecule has 224 valence electrons. The lowest BCUT2D eigenvalue weighted by molar-refractivity contribution is -0.134. The molecule has 3 amide bonds. The van der Waals surface area contributed by atoms with E-state index in [9.17, 15) is 18.9 Å². The van der Waals surface area contributed by atoms with Gasteiger partial charge in [-0.25, -0.2) is 9.78 Å². The van der Waals surface area contributed by atoms with Gasteiger partial charge in [-0.15, -0.1) is 0 Å². The molecule has 1 N–H and O–H groups in total. The maximum Gasteiger partial charge on any atom is 0.409 e. The number of piperazine rings is 1. The Hall–Kier alpha value is -2.98. The lowest BCUT2D eigenvalue weighted by Crippen LogP contribution is -2.57. The van der Waals surface area contributed by atoms with Gasteiger partial charge < -0.3 is 28.9 Å². The molecule has 13 heteroatoms. The van der Waals surface area contributed by atoms with Crippen molar-refractivity contribution in [1.82, 2.24) is 20.1 Å². The third-order valence-corrected chi connectivity index (χ3v) is 8.68. The number of amides is 3. The second-order valence-corrected chi connectivity index (χ2v) is 11.9. The van der Waals surface area contributed by atoms with Crippen molar-refractivity contribution in [3.63, 3.8) is 0 Å². The SMILES string of the molecule is CCCCOC(=O)N1CCN(C(=O)[C@H](CP(=O)(OCC)OCC)NC(=O)c2cc(-c3ccccc3)cc(Cl)n2)CC1. The number of pyridine rings is 1. The molecule has 0 spiro atoms. The van der Waals surface area contributed by atoms with Crippen LogP contribution in [0.2, 0.25) is 5.15 Å². The van der Waals surface area contributed by atoms with E-state index >= 15 is 0 Å². The molecule has 41 heavy (non-hydrogen) atoms. The second-order valence-electron chi connectivity index (χ2n) is 9.37. The summed E-state index contributed by atoms with van der Waals surface area (Å²) in [5, 5.41) is 2.80. The van der Waals surface area contributed by atoms with Crippen LogP contribution in [0.4, 0.5) is 4.79 Å². The Labute approximate surface area is 246 Å². The summed E-state index contributed by atoms with van der Waals surface area (Å²) in [6.07, 6.45) is 0.896. The topological polar surface area (TPSA) is 127 Å². The van der Waals surface area contributed by atoms with E-state index in [1.54, 1.807) is 30.9 Å². The fourth-order valence-electron chi connectivity index (χ4n) is 4.31. The summed E-state index contributed by atoms with van der Waals surface area (Å²) >= 11 is 6.24. The molecule has 0 saturated carbocycles. The average Bonchev–Trinajstić information content (AvgIpc) is 2.97. The first kappa shape index (κ1) is 32.5. The maximum absolute atomic E-state index is 13.7. The molecule has 0 aliphatic carbocycles. The van der Waals surface area contributed by atoms with Crippen LogP contribution < -0.4 is 5.32 Å². The number of rotatable bonds is 13. The van der Waals surface area contributed by atoms with Gasteiger partial charge in [-0.05, 0) is 43.5 Å². The molecule has 1 aliphatic rings. The van der Waals surface area contributed by atoms with E-state index in [0.717, 1.165) is 18.4 Å². The molecule has 1 saturated heterocycles. The van der Waals surface area contributed by atoms with E-state index in [-0.39, 0.29) is 56.4 Å². The van der Waals surface area contributed by atoms with Crippen LogP contribution in [0, 0.1) is 0 Å². The van der Waals surface area contributed by atoms with Gasteiger partial charge in [-0.3, -0.25) is 14.2 Å². The summed E-state index contributed by atoms with van der Waals surface area (Å²) in [4.78, 5) is 46.6. The van der Waals surface area contributed by atoms with Gasteiger partial charge in [0.2, 0.25) is 5.91 Å². The highest BCUT2D eigenvalue weighted by molar-refractivity contribution is 7.54. The van der Waals surface area contributed by atoms with Gasteiger partial charge in [0, 0.05) is 26.2 Å². The molecule has 1 aromatic heterocycles. The van der Waals surface area contributed by atoms with Crippen molar-refractivity contribution in [2.75, 3.05) is 52.2 Å². The Bertz CT molecular complexity index is 1220. The van der Waals surface area contributed by atoms with Gasteiger partial charge in [0.1, 0.15) is 16.9 Å². The van der Waals surface area contributed by atoms with Gasteiger partial charge in [-0.2, -0.15) is 0 Å². The molecule has 3 rings (SSSR count). The summed E-state index contributed by atoms with van der Waals surface area (Å²) in [5.74, 6) is -1.14. The minimum Gasteiger partial charge on any atom is -0.449 e. The number of benzene rings is 1. The van der Waals surface area contributed by atoms with Crippen molar-refractivity contribution < 1.29 is 32.7 Å². The maximum atomic E-state index is 13.7. The molecule has 11 nitrogen and oxygen atoms in total. The molecule has 2 heterocycles. The van der Waals surface area contributed by atoms with E-state index in [0.29, 0.717) is 12.2 Å². The number of ether oxygens (including phenoxy) is 1. The van der Waals surface area contributed by atoms with Gasteiger partial charge >= 0.3 is 13.7 Å². The van der Waals surface area contributed by atoms with Crippen LogP contribution in [-0.4, -0.2) is 90.9 Å². The van der Waals surface area contributed by atoms with Crippen molar-refractivity contribution in [2.45, 2.75) is 39.7 Å². The van der Waals surface area contributed by atoms with E-state index in [1.165, 1.54) is 4.90 Å². The number of nitrogens with one attached hydrogen (secondary N) is 1. The molecule has 0 bridgehead atoms. The first-order chi connectivity index (χ1) is 19.7. The van der Waals surface area contributed by atoms with Crippen LogP contribution >= 0.6 is 19.2 Å². The fraction of sp³-hybridized carbons (Fsp3) is 0.500. The molecular weight excluding hydrogens is 571 g/mol. The summed E-state index contributed by atoms with van der Waals surface area (Å²) in [7, 11) is -3.73. The van der Waals surface area contributed by atoms with Crippen molar-refractivity contribution >= 4 is 37.1 Å². The van der Waals surface area contributed by atoms with Gasteiger partial charge in [0.25, 0.3) is 5.91 Å². The standard InChI is InChI=1S/C28H38ClN4O7P/c1-4-7-17-38-28(36)33-15-13-32(14-16-33)27(35)24(20-41(37,39-5-2)40-6-3)31-26(34)23-18-22(19-25(29)30-23)21-11-9-8-10-12-21/h8-12,18-19,24H,4-7,13-17,20H2,1-3H3,(H,31,34)/t24-/m0/s1. The Morgan fingerprint density at radius 2 is 1.61 bits per heavy atom. The van der Waals surface area contributed by atoms with Crippen LogP contribution in [0.25, 0.3) is 11.1 Å². The van der Waals surface area contributed by atoms with E-state index in [2.05, 4.69) is 10.3 Å². The zero-order valence-corrected chi connectivity index (χ0v) is 25.4. The molecule has 0 radical (unpaired) electrons. The highest BCUT2D eigenvalue weighted by atomic mass is 35.5. The molecule has 1 fully saturated rings. The normalized spacial score (nSPS) is 14.4. The summed E-state index contributed by atoms with van der Waals surface area (Å²) < 4.78 is 29.5. The zero-order valence-electron chi connectivity index (χ0n) is 23.7. The van der Waals surface area contributed by atoms with Crippen LogP contribution in [0.1, 0.15) is 44.1 Å². The molecule has 2 aromatic rings. The number of aromatic nitrogens is 1. The predicted octanol–water partition coefficient (Wildman–Crippen LogP) is 4.85. The van der Waals surface area contributed by atoms with Crippen LogP contribution in [-0.2, 0) is 23.1 Å². The number of carbonyl (C=O) groups is 3. The molecule has 1 aromatic carbocycles. The lowest BCUT2D eigenvalue weighted by Gasteiger charge is -2.36. The largest absolute Gasteiger partial charge is 0.449 e. The quantitative estimate of drug-likeness (QED) is 0.194. The smallest absolute Gasteiger partial charge is 0.409 e. The number of hydrogen-bond donors (Lipinski definition) is 1. The van der Waals surface area contributed by atoms with Crippen molar-refractivity contribution in [3.8, 4) is 11.1 Å². The predicted molar refractivity (Wildman–Crippen MR) is 156 cm³/mol. The Kier molecular flexibility index (Phi) is 12.6. The number of hydrogen-bond acceptors (Lipinski definition) is 8. The monoisotopic (exact) mass is 608 g/mol. The van der Waals surface area contributed by atoms with Crippen molar-refractivity contribution in [3.05, 3.63) is 53.3 Å². The molecular formula is C28H38ClN4O7P. The Morgan fingerprint density at radius 3 is 2.22 bits per heavy atom. The lowest BCUT2D eigenvalue weighted by atomic mass is 10.1. The second kappa shape index (κ2) is 15.9. The average molecular weight is 609 g/mol. The van der Waals surface area contributed by atoms with Gasteiger partial charge in [0.15, 0.2) is 0 Å². The van der Waals surface area contributed by atoms with Crippen molar-refractivity contribution in [2.24, 2.45) is 0 Å². The fourth-order valence-corrected chi connectivity index (χ4v) is 6.29. The number of nitrogens with zero attached hydrogens (tertiary/aromatic N) is 3. The molecule has 1 atom stereocenters. The van der Waals surface area contributed by atoms with Gasteiger partial charge in [-0.1, -0.05) is 55.3 Å². The molecule has 1 aliphatic heterocycles. The van der Waals surface area contributed by atoms with Crippen LogP contribution in [0.3, 0.4) is 0 Å². The van der Waals surface area contributed by atoms with Gasteiger partial charge in [0.05, 0.1) is 26.0 Å². The summed E-state index contributed by atoms with van der Waals surface area (Å²) in [5.41, 5.74) is 1.51. The number of unbranched alkanes of at least 4 members (excludes halogenated alkanes) is 1.